The molecule has 0 fully saturated rings. The zero-order chi connectivity index (χ0) is 13.7. The normalized spacial score (nSPS) is 10.0. The molecule has 0 spiro atoms. The summed E-state index contributed by atoms with van der Waals surface area (Å²) in [5.74, 6) is 0.0244. The van der Waals surface area contributed by atoms with Crippen molar-refractivity contribution >= 4 is 11.6 Å². The Morgan fingerprint density at radius 3 is 2.63 bits per heavy atom. The Morgan fingerprint density at radius 2 is 1.95 bits per heavy atom. The van der Waals surface area contributed by atoms with Crippen LogP contribution < -0.4 is 10.1 Å². The summed E-state index contributed by atoms with van der Waals surface area (Å²) in [6.45, 7) is 1.87. The van der Waals surface area contributed by atoms with Gasteiger partial charge in [0.25, 0.3) is 5.91 Å². The number of nitrogens with one attached hydrogen (secondary N) is 1. The maximum Gasteiger partial charge on any atom is 0.262 e. The fourth-order valence-electron chi connectivity index (χ4n) is 1.58. The lowest BCUT2D eigenvalue weighted by atomic mass is 10.2. The molecule has 2 aromatic carbocycles. The first-order valence-electron chi connectivity index (χ1n) is 5.88. The molecule has 0 aliphatic rings. The van der Waals surface area contributed by atoms with Crippen LogP contribution in [0, 0.1) is 12.7 Å². The SMILES string of the molecule is Cc1cccc(OCC(=O)Nc2ccc(F)cc2)c1. The van der Waals surface area contributed by atoms with Gasteiger partial charge in [-0.15, -0.1) is 0 Å². The molecule has 3 nitrogen and oxygen atoms in total. The van der Waals surface area contributed by atoms with Crippen LogP contribution in [0.4, 0.5) is 10.1 Å². The van der Waals surface area contributed by atoms with Gasteiger partial charge in [-0.25, -0.2) is 4.39 Å². The van der Waals surface area contributed by atoms with Crippen molar-refractivity contribution in [3.8, 4) is 5.75 Å². The Morgan fingerprint density at radius 1 is 1.21 bits per heavy atom. The molecular weight excluding hydrogens is 245 g/mol. The van der Waals surface area contributed by atoms with Crippen molar-refractivity contribution in [2.24, 2.45) is 0 Å². The molecule has 1 N–H and O–H groups in total. The number of anilines is 1. The zero-order valence-corrected chi connectivity index (χ0v) is 10.5. The highest BCUT2D eigenvalue weighted by atomic mass is 19.1. The summed E-state index contributed by atoms with van der Waals surface area (Å²) in [7, 11) is 0. The zero-order valence-electron chi connectivity index (χ0n) is 10.5. The molecule has 0 aromatic heterocycles. The summed E-state index contributed by atoms with van der Waals surface area (Å²) >= 11 is 0. The predicted octanol–water partition coefficient (Wildman–Crippen LogP) is 3.15. The molecule has 0 unspecified atom stereocenters. The molecule has 19 heavy (non-hydrogen) atoms. The first kappa shape index (κ1) is 13.1. The second-order valence-electron chi connectivity index (χ2n) is 4.16. The number of benzene rings is 2. The van der Waals surface area contributed by atoms with E-state index in [1.54, 1.807) is 6.07 Å². The van der Waals surface area contributed by atoms with E-state index in [0.29, 0.717) is 11.4 Å². The smallest absolute Gasteiger partial charge is 0.262 e. The highest BCUT2D eigenvalue weighted by Crippen LogP contribution is 2.12. The van der Waals surface area contributed by atoms with Gasteiger partial charge in [-0.3, -0.25) is 4.79 Å². The number of hydrogen-bond donors (Lipinski definition) is 1. The van der Waals surface area contributed by atoms with Gasteiger partial charge in [0, 0.05) is 5.69 Å². The van der Waals surface area contributed by atoms with E-state index >= 15 is 0 Å². The van der Waals surface area contributed by atoms with Crippen molar-refractivity contribution in [3.63, 3.8) is 0 Å². The van der Waals surface area contributed by atoms with E-state index in [1.165, 1.54) is 24.3 Å². The van der Waals surface area contributed by atoms with Crippen molar-refractivity contribution in [2.75, 3.05) is 11.9 Å². The van der Waals surface area contributed by atoms with Gasteiger partial charge in [0.15, 0.2) is 6.61 Å². The number of amides is 1. The van der Waals surface area contributed by atoms with Crippen LogP contribution in [0.1, 0.15) is 5.56 Å². The molecule has 0 heterocycles. The van der Waals surface area contributed by atoms with Crippen LogP contribution in [0.2, 0.25) is 0 Å². The molecule has 0 saturated heterocycles. The number of carbonyl (C=O) groups is 1. The number of rotatable bonds is 4. The van der Waals surface area contributed by atoms with E-state index in [2.05, 4.69) is 5.32 Å². The van der Waals surface area contributed by atoms with Crippen molar-refractivity contribution in [3.05, 3.63) is 59.9 Å². The quantitative estimate of drug-likeness (QED) is 0.916. The van der Waals surface area contributed by atoms with Crippen LogP contribution in [0.3, 0.4) is 0 Å². The number of carbonyl (C=O) groups excluding carboxylic acids is 1. The van der Waals surface area contributed by atoms with Crippen molar-refractivity contribution in [2.45, 2.75) is 6.92 Å². The lowest BCUT2D eigenvalue weighted by molar-refractivity contribution is -0.118. The first-order chi connectivity index (χ1) is 9.13. The molecule has 98 valence electrons. The van der Waals surface area contributed by atoms with Gasteiger partial charge >= 0.3 is 0 Å². The Bertz CT molecular complexity index is 567. The fourth-order valence-corrected chi connectivity index (χ4v) is 1.58. The van der Waals surface area contributed by atoms with Crippen LogP contribution in [0.5, 0.6) is 5.75 Å². The van der Waals surface area contributed by atoms with Gasteiger partial charge in [-0.05, 0) is 48.9 Å². The molecule has 0 aliphatic heterocycles. The van der Waals surface area contributed by atoms with Crippen molar-refractivity contribution in [1.29, 1.82) is 0 Å². The Labute approximate surface area is 111 Å². The molecule has 2 rings (SSSR count). The average Bonchev–Trinajstić information content (AvgIpc) is 2.39. The van der Waals surface area contributed by atoms with Crippen LogP contribution in [0.25, 0.3) is 0 Å². The number of halogens is 1. The summed E-state index contributed by atoms with van der Waals surface area (Å²) in [5, 5.41) is 2.62. The molecule has 0 atom stereocenters. The molecule has 4 heteroatoms. The molecule has 0 aliphatic carbocycles. The summed E-state index contributed by atoms with van der Waals surface area (Å²) in [5.41, 5.74) is 1.61. The van der Waals surface area contributed by atoms with Crippen molar-refractivity contribution < 1.29 is 13.9 Å². The number of aryl methyl sites for hydroxylation is 1. The van der Waals surface area contributed by atoms with Crippen molar-refractivity contribution in [1.82, 2.24) is 0 Å². The minimum absolute atomic E-state index is 0.0825. The fraction of sp³-hybridized carbons (Fsp3) is 0.133. The van der Waals surface area contributed by atoms with Crippen LogP contribution >= 0.6 is 0 Å². The molecule has 0 radical (unpaired) electrons. The van der Waals surface area contributed by atoms with E-state index in [0.717, 1.165) is 5.56 Å². The Balaban J connectivity index is 1.86. The van der Waals surface area contributed by atoms with Gasteiger partial charge in [0.05, 0.1) is 0 Å². The third kappa shape index (κ3) is 4.10. The van der Waals surface area contributed by atoms with Crippen LogP contribution in [-0.4, -0.2) is 12.5 Å². The van der Waals surface area contributed by atoms with E-state index in [-0.39, 0.29) is 18.3 Å². The predicted molar refractivity (Wildman–Crippen MR) is 71.7 cm³/mol. The minimum Gasteiger partial charge on any atom is -0.484 e. The highest BCUT2D eigenvalue weighted by Gasteiger charge is 2.04. The number of hydrogen-bond acceptors (Lipinski definition) is 2. The van der Waals surface area contributed by atoms with Gasteiger partial charge < -0.3 is 10.1 Å². The lowest BCUT2D eigenvalue weighted by Crippen LogP contribution is -2.20. The van der Waals surface area contributed by atoms with Gasteiger partial charge in [0.2, 0.25) is 0 Å². The first-order valence-corrected chi connectivity index (χ1v) is 5.88. The van der Waals surface area contributed by atoms with E-state index in [9.17, 15) is 9.18 Å². The van der Waals surface area contributed by atoms with Gasteiger partial charge in [0.1, 0.15) is 11.6 Å². The monoisotopic (exact) mass is 259 g/mol. The maximum absolute atomic E-state index is 12.7. The summed E-state index contributed by atoms with van der Waals surface area (Å²) in [6, 6.07) is 13.0. The topological polar surface area (TPSA) is 38.3 Å². The van der Waals surface area contributed by atoms with E-state index < -0.39 is 0 Å². The van der Waals surface area contributed by atoms with Gasteiger partial charge in [-0.1, -0.05) is 12.1 Å². The highest BCUT2D eigenvalue weighted by molar-refractivity contribution is 5.91. The third-order valence-corrected chi connectivity index (χ3v) is 2.49. The maximum atomic E-state index is 12.7. The van der Waals surface area contributed by atoms with Crippen LogP contribution in [-0.2, 0) is 4.79 Å². The van der Waals surface area contributed by atoms with E-state index in [4.69, 9.17) is 4.74 Å². The summed E-state index contributed by atoms with van der Waals surface area (Å²) < 4.78 is 18.1. The third-order valence-electron chi connectivity index (χ3n) is 2.49. The summed E-state index contributed by atoms with van der Waals surface area (Å²) in [4.78, 5) is 11.6. The molecule has 0 bridgehead atoms. The van der Waals surface area contributed by atoms with E-state index in [1.807, 2.05) is 25.1 Å². The second kappa shape index (κ2) is 6.00. The molecule has 1 amide bonds. The molecule has 2 aromatic rings. The minimum atomic E-state index is -0.339. The standard InChI is InChI=1S/C15H14FNO2/c1-11-3-2-4-14(9-11)19-10-15(18)17-13-7-5-12(16)6-8-13/h2-9H,10H2,1H3,(H,17,18). The number of ether oxygens (including phenoxy) is 1. The van der Waals surface area contributed by atoms with Gasteiger partial charge in [-0.2, -0.15) is 0 Å². The Hall–Kier alpha value is -2.36. The summed E-state index contributed by atoms with van der Waals surface area (Å²) in [6.07, 6.45) is 0. The molecular formula is C15H14FNO2. The Kier molecular flexibility index (Phi) is 4.13. The largest absolute Gasteiger partial charge is 0.484 e. The van der Waals surface area contributed by atoms with Crippen LogP contribution in [0.15, 0.2) is 48.5 Å². The molecule has 0 saturated carbocycles. The lowest BCUT2D eigenvalue weighted by Gasteiger charge is -2.08. The second-order valence-corrected chi connectivity index (χ2v) is 4.16. The average molecular weight is 259 g/mol.